The third-order valence-electron chi connectivity index (χ3n) is 0.963. The summed E-state index contributed by atoms with van der Waals surface area (Å²) < 4.78 is 0. The van der Waals surface area contributed by atoms with Gasteiger partial charge in [0.25, 0.3) is 0 Å². The molecule has 6 N–H and O–H groups in total. The Morgan fingerprint density at radius 1 is 1.38 bits per heavy atom. The second-order valence-electron chi connectivity index (χ2n) is 1.57. The van der Waals surface area contributed by atoms with Crippen molar-refractivity contribution in [2.45, 2.75) is 6.42 Å². The van der Waals surface area contributed by atoms with E-state index in [0.717, 1.165) is 12.0 Å². The minimum absolute atomic E-state index is 0.522. The van der Waals surface area contributed by atoms with Crippen LogP contribution < -0.4 is 17.2 Å². The summed E-state index contributed by atoms with van der Waals surface area (Å²) in [5, 5.41) is 0. The Morgan fingerprint density at radius 2 is 2.00 bits per heavy atom. The van der Waals surface area contributed by atoms with Gasteiger partial charge in [-0.05, 0) is 24.7 Å². The lowest BCUT2D eigenvalue weighted by Gasteiger charge is -1.97. The molecule has 48 valence electrons. The summed E-state index contributed by atoms with van der Waals surface area (Å²) in [7, 11) is 0. The Morgan fingerprint density at radius 3 is 2.12 bits per heavy atom. The van der Waals surface area contributed by atoms with Gasteiger partial charge in [-0.1, -0.05) is 0 Å². The van der Waals surface area contributed by atoms with Crippen LogP contribution in [0.4, 0.5) is 0 Å². The molecule has 0 saturated carbocycles. The van der Waals surface area contributed by atoms with Crippen molar-refractivity contribution >= 4 is 0 Å². The van der Waals surface area contributed by atoms with Gasteiger partial charge in [0.1, 0.15) is 0 Å². The van der Waals surface area contributed by atoms with Crippen molar-refractivity contribution in [3.8, 4) is 0 Å². The van der Waals surface area contributed by atoms with E-state index in [9.17, 15) is 0 Å². The zero-order chi connectivity index (χ0) is 6.41. The molecule has 0 atom stereocenters. The zero-order valence-corrected chi connectivity index (χ0v) is 4.93. The summed E-state index contributed by atoms with van der Waals surface area (Å²) >= 11 is 0. The van der Waals surface area contributed by atoms with Crippen LogP contribution >= 0.6 is 0 Å². The van der Waals surface area contributed by atoms with E-state index in [-0.39, 0.29) is 0 Å². The normalized spacial score (nSPS) is 12.0. The Kier molecular flexibility index (Phi) is 4.30. The van der Waals surface area contributed by atoms with Crippen LogP contribution in [0, 0.1) is 0 Å². The van der Waals surface area contributed by atoms with Crippen LogP contribution in [0.2, 0.25) is 0 Å². The van der Waals surface area contributed by atoms with Crippen molar-refractivity contribution in [1.82, 2.24) is 0 Å². The predicted molar refractivity (Wildman–Crippen MR) is 35.0 cm³/mol. The Labute approximate surface area is 49.5 Å². The molecule has 0 unspecified atom stereocenters. The van der Waals surface area contributed by atoms with E-state index in [1.54, 1.807) is 0 Å². The monoisotopic (exact) mass is 115 g/mol. The zero-order valence-electron chi connectivity index (χ0n) is 4.93. The third kappa shape index (κ3) is 2.60. The lowest BCUT2D eigenvalue weighted by atomic mass is 10.2. The Bertz CT molecular complexity index is 77.7. The number of rotatable bonds is 3. The first-order chi connectivity index (χ1) is 3.85. The molecule has 8 heavy (non-hydrogen) atoms. The molecule has 0 aromatic heterocycles. The smallest absolute Gasteiger partial charge is 0.0154 e. The fourth-order valence-electron chi connectivity index (χ4n) is 0.439. The first kappa shape index (κ1) is 7.46. The molecule has 0 aliphatic carbocycles. The van der Waals surface area contributed by atoms with Gasteiger partial charge in [0.2, 0.25) is 0 Å². The van der Waals surface area contributed by atoms with E-state index in [0.29, 0.717) is 13.1 Å². The van der Waals surface area contributed by atoms with Gasteiger partial charge in [-0.3, -0.25) is 0 Å². The van der Waals surface area contributed by atoms with E-state index in [1.807, 2.05) is 0 Å². The molecular formula is C5H13N3. The van der Waals surface area contributed by atoms with Crippen LogP contribution in [-0.4, -0.2) is 13.1 Å². The van der Waals surface area contributed by atoms with Crippen molar-refractivity contribution in [2.24, 2.45) is 17.2 Å². The van der Waals surface area contributed by atoms with Gasteiger partial charge in [0.05, 0.1) is 0 Å². The van der Waals surface area contributed by atoms with Gasteiger partial charge in [0.15, 0.2) is 0 Å². The topological polar surface area (TPSA) is 78.1 Å². The van der Waals surface area contributed by atoms with Crippen LogP contribution in [0.25, 0.3) is 0 Å². The molecule has 0 heterocycles. The summed E-state index contributed by atoms with van der Waals surface area (Å²) in [4.78, 5) is 0. The summed E-state index contributed by atoms with van der Waals surface area (Å²) in [6.45, 7) is 1.15. The highest BCUT2D eigenvalue weighted by atomic mass is 14.6. The fraction of sp³-hybridized carbons (Fsp3) is 0.600. The second kappa shape index (κ2) is 4.61. The Balaban J connectivity index is 3.38. The van der Waals surface area contributed by atoms with Crippen LogP contribution in [0.3, 0.4) is 0 Å². The molecular weight excluding hydrogens is 102 g/mol. The lowest BCUT2D eigenvalue weighted by Crippen LogP contribution is -2.09. The summed E-state index contributed by atoms with van der Waals surface area (Å²) in [5.74, 6) is 0. The molecule has 0 bridgehead atoms. The molecule has 0 spiro atoms. The molecule has 0 rings (SSSR count). The minimum atomic E-state index is 0.522. The van der Waals surface area contributed by atoms with Crippen molar-refractivity contribution in [2.75, 3.05) is 13.1 Å². The van der Waals surface area contributed by atoms with Crippen LogP contribution in [0.15, 0.2) is 11.8 Å². The van der Waals surface area contributed by atoms with E-state index in [4.69, 9.17) is 17.2 Å². The summed E-state index contributed by atoms with van der Waals surface area (Å²) in [6, 6.07) is 0. The molecule has 3 nitrogen and oxygen atoms in total. The van der Waals surface area contributed by atoms with Crippen molar-refractivity contribution in [1.29, 1.82) is 0 Å². The Hall–Kier alpha value is -0.540. The van der Waals surface area contributed by atoms with E-state index in [2.05, 4.69) is 0 Å². The molecule has 0 amide bonds. The lowest BCUT2D eigenvalue weighted by molar-refractivity contribution is 0.907. The number of hydrogen-bond donors (Lipinski definition) is 3. The molecule has 0 aliphatic rings. The highest BCUT2D eigenvalue weighted by Crippen LogP contribution is 1.91. The molecule has 0 aliphatic heterocycles. The van der Waals surface area contributed by atoms with Gasteiger partial charge in [-0.2, -0.15) is 0 Å². The van der Waals surface area contributed by atoms with Gasteiger partial charge < -0.3 is 17.2 Å². The predicted octanol–water partition coefficient (Wildman–Crippen LogP) is -0.863. The third-order valence-corrected chi connectivity index (χ3v) is 0.963. The quantitative estimate of drug-likeness (QED) is 0.447. The molecule has 0 radical (unpaired) electrons. The maximum absolute atomic E-state index is 5.27. The van der Waals surface area contributed by atoms with E-state index < -0.39 is 0 Å². The molecule has 3 heteroatoms. The van der Waals surface area contributed by atoms with Gasteiger partial charge >= 0.3 is 0 Å². The van der Waals surface area contributed by atoms with Gasteiger partial charge in [0, 0.05) is 6.54 Å². The highest BCUT2D eigenvalue weighted by Gasteiger charge is 1.87. The maximum Gasteiger partial charge on any atom is 0.0154 e. The second-order valence-corrected chi connectivity index (χ2v) is 1.57. The van der Waals surface area contributed by atoms with E-state index >= 15 is 0 Å². The van der Waals surface area contributed by atoms with Crippen molar-refractivity contribution in [3.05, 3.63) is 11.8 Å². The van der Waals surface area contributed by atoms with Gasteiger partial charge in [-0.15, -0.1) is 0 Å². The standard InChI is InChI=1S/C5H13N3/c6-2-1-5(3-7)4-8/h3H,1-2,4,6-8H2/b5-3-. The van der Waals surface area contributed by atoms with Gasteiger partial charge in [-0.25, -0.2) is 0 Å². The first-order valence-corrected chi connectivity index (χ1v) is 2.65. The highest BCUT2D eigenvalue weighted by molar-refractivity contribution is 5.00. The largest absolute Gasteiger partial charge is 0.405 e. The number of hydrogen-bond acceptors (Lipinski definition) is 3. The van der Waals surface area contributed by atoms with Crippen LogP contribution in [0.5, 0.6) is 0 Å². The van der Waals surface area contributed by atoms with Crippen molar-refractivity contribution < 1.29 is 0 Å². The summed E-state index contributed by atoms with van der Waals surface area (Å²) in [6.07, 6.45) is 2.33. The van der Waals surface area contributed by atoms with Crippen molar-refractivity contribution in [3.63, 3.8) is 0 Å². The minimum Gasteiger partial charge on any atom is -0.405 e. The molecule has 0 saturated heterocycles. The molecule has 0 fully saturated rings. The first-order valence-electron chi connectivity index (χ1n) is 2.65. The molecule has 0 aromatic rings. The van der Waals surface area contributed by atoms with Crippen LogP contribution in [-0.2, 0) is 0 Å². The fourth-order valence-corrected chi connectivity index (χ4v) is 0.439. The summed E-state index contributed by atoms with van der Waals surface area (Å²) in [5.41, 5.74) is 16.7. The van der Waals surface area contributed by atoms with E-state index in [1.165, 1.54) is 6.20 Å². The molecule has 0 aromatic carbocycles. The average Bonchev–Trinajstić information content (AvgIpc) is 1.83. The average molecular weight is 115 g/mol. The maximum atomic E-state index is 5.27. The SMILES string of the molecule is N/C=C(\CN)CCN. The van der Waals surface area contributed by atoms with Crippen LogP contribution in [0.1, 0.15) is 6.42 Å². The number of nitrogens with two attached hydrogens (primary N) is 3.